The fourth-order valence-electron chi connectivity index (χ4n) is 2.51. The Balaban J connectivity index is 7.21. The second kappa shape index (κ2) is 11.6. The SMILES string of the molecule is C=C(C)C(=O)OC(F)C(F)(F)C(F)(F)C(F)(F)C(F)(F)C(F)(F)C(F)(F)C(F)(F)C(F)(F)C(F)(F)C(F)(F)C(F)C(F)C(F)F. The predicted molar refractivity (Wildman–Crippen MR) is 91.1 cm³/mol. The lowest BCUT2D eigenvalue weighted by Gasteiger charge is -2.45. The highest BCUT2D eigenvalue weighted by molar-refractivity contribution is 5.87. The lowest BCUT2D eigenvalue weighted by atomic mass is 9.84. The summed E-state index contributed by atoms with van der Waals surface area (Å²) in [5, 5.41) is 0. The summed E-state index contributed by atoms with van der Waals surface area (Å²) >= 11 is 0. The number of carbonyl (C=O) groups is 1. The van der Waals surface area contributed by atoms with Crippen LogP contribution in [0.4, 0.5) is 110 Å². The van der Waals surface area contributed by atoms with E-state index in [2.05, 4.69) is 11.3 Å². The summed E-state index contributed by atoms with van der Waals surface area (Å²) in [5.74, 6) is -92.5. The van der Waals surface area contributed by atoms with Crippen molar-refractivity contribution in [3.05, 3.63) is 12.2 Å². The van der Waals surface area contributed by atoms with Crippen LogP contribution in [-0.4, -0.2) is 90.3 Å². The van der Waals surface area contributed by atoms with E-state index < -0.39 is 95.9 Å². The van der Waals surface area contributed by atoms with E-state index in [-0.39, 0.29) is 0 Å². The highest BCUT2D eigenvalue weighted by Crippen LogP contribution is 2.66. The highest BCUT2D eigenvalue weighted by Gasteiger charge is 2.98. The molecule has 0 aliphatic rings. The van der Waals surface area contributed by atoms with Gasteiger partial charge in [-0.2, -0.15) is 92.2 Å². The molecule has 0 heterocycles. The summed E-state index contributed by atoms with van der Waals surface area (Å²) in [7, 11) is 0. The molecule has 2 nitrogen and oxygen atoms in total. The second-order valence-corrected chi connectivity index (χ2v) is 8.52. The fraction of sp³-hybridized carbons (Fsp3) is 0.833. The zero-order valence-electron chi connectivity index (χ0n) is 20.3. The highest BCUT2D eigenvalue weighted by atomic mass is 19.4. The van der Waals surface area contributed by atoms with Gasteiger partial charge < -0.3 is 4.74 Å². The van der Waals surface area contributed by atoms with Crippen LogP contribution in [0.15, 0.2) is 12.2 Å². The molecule has 0 aliphatic heterocycles. The Morgan fingerprint density at radius 1 is 0.489 bits per heavy atom. The summed E-state index contributed by atoms with van der Waals surface area (Å²) in [6, 6.07) is 0. The molecule has 0 aromatic rings. The van der Waals surface area contributed by atoms with Gasteiger partial charge in [0.2, 0.25) is 6.17 Å². The Hall–Kier alpha value is -2.54. The van der Waals surface area contributed by atoms with Crippen LogP contribution in [0.2, 0.25) is 0 Å². The van der Waals surface area contributed by atoms with Gasteiger partial charge in [0.25, 0.3) is 6.43 Å². The van der Waals surface area contributed by atoms with E-state index in [1.165, 1.54) is 0 Å². The van der Waals surface area contributed by atoms with Gasteiger partial charge in [-0.1, -0.05) is 6.58 Å². The Bertz CT molecular complexity index is 1090. The molecular weight excluding hydrogens is 723 g/mol. The molecule has 0 spiro atoms. The van der Waals surface area contributed by atoms with E-state index in [0.29, 0.717) is 6.92 Å². The van der Waals surface area contributed by atoms with Gasteiger partial charge in [0.1, 0.15) is 0 Å². The van der Waals surface area contributed by atoms with Crippen LogP contribution in [0, 0.1) is 0 Å². The van der Waals surface area contributed by atoms with Crippen LogP contribution in [0.25, 0.3) is 0 Å². The van der Waals surface area contributed by atoms with Crippen molar-refractivity contribution >= 4 is 5.97 Å². The minimum absolute atomic E-state index is 0.370. The van der Waals surface area contributed by atoms with Crippen LogP contribution in [0.1, 0.15) is 6.92 Å². The first-order chi connectivity index (χ1) is 19.3. The number of carbonyl (C=O) groups excluding carboxylic acids is 1. The standard InChI is InChI=1S/C18H9F25O2/c1-3(2)7(44)45-8(23)10(26,27)12(30,31)14(34,35)16(38,39)18(42,43)17(40,41)15(36,37)13(32,33)11(28,29)9(24,25)5(20)4(19)6(21)22/h4-6,8H,1H2,2H3. The van der Waals surface area contributed by atoms with E-state index in [4.69, 9.17) is 0 Å². The maximum absolute atomic E-state index is 13.8. The molecular formula is C18H9F25O2. The van der Waals surface area contributed by atoms with Crippen molar-refractivity contribution in [3.8, 4) is 0 Å². The predicted octanol–water partition coefficient (Wildman–Crippen LogP) is 8.70. The second-order valence-electron chi connectivity index (χ2n) is 8.52. The lowest BCUT2D eigenvalue weighted by Crippen LogP contribution is -2.78. The van der Waals surface area contributed by atoms with Gasteiger partial charge in [-0.15, -0.1) is 0 Å². The fourth-order valence-corrected chi connectivity index (χ4v) is 2.51. The molecule has 268 valence electrons. The van der Waals surface area contributed by atoms with Crippen LogP contribution < -0.4 is 0 Å². The van der Waals surface area contributed by atoms with Crippen molar-refractivity contribution in [3.63, 3.8) is 0 Å². The molecule has 0 saturated heterocycles. The molecule has 0 aromatic carbocycles. The summed E-state index contributed by atoms with van der Waals surface area (Å²) in [4.78, 5) is 10.9. The third kappa shape index (κ3) is 5.70. The zero-order valence-corrected chi connectivity index (χ0v) is 20.3. The summed E-state index contributed by atoms with van der Waals surface area (Å²) in [5.41, 5.74) is -1.28. The van der Waals surface area contributed by atoms with Crippen molar-refractivity contribution in [2.45, 2.75) is 91.3 Å². The van der Waals surface area contributed by atoms with Gasteiger partial charge in [0.05, 0.1) is 0 Å². The number of halogens is 25. The van der Waals surface area contributed by atoms with Gasteiger partial charge >= 0.3 is 71.6 Å². The van der Waals surface area contributed by atoms with Crippen LogP contribution in [0.3, 0.4) is 0 Å². The molecule has 45 heavy (non-hydrogen) atoms. The van der Waals surface area contributed by atoms with E-state index in [1.807, 2.05) is 0 Å². The summed E-state index contributed by atoms with van der Waals surface area (Å²) in [6.07, 6.45) is -22.5. The Morgan fingerprint density at radius 2 is 0.733 bits per heavy atom. The van der Waals surface area contributed by atoms with Gasteiger partial charge in [0.15, 0.2) is 6.17 Å². The van der Waals surface area contributed by atoms with E-state index in [1.54, 1.807) is 0 Å². The first-order valence-electron chi connectivity index (χ1n) is 10.1. The summed E-state index contributed by atoms with van der Waals surface area (Å²) < 4.78 is 339. The van der Waals surface area contributed by atoms with Crippen molar-refractivity contribution in [2.24, 2.45) is 0 Å². The average Bonchev–Trinajstić information content (AvgIpc) is 2.86. The molecule has 0 N–H and O–H groups in total. The molecule has 0 bridgehead atoms. The monoisotopic (exact) mass is 732 g/mol. The van der Waals surface area contributed by atoms with Crippen molar-refractivity contribution in [1.82, 2.24) is 0 Å². The van der Waals surface area contributed by atoms with E-state index >= 15 is 0 Å². The average molecular weight is 732 g/mol. The van der Waals surface area contributed by atoms with Gasteiger partial charge in [-0.25, -0.2) is 22.4 Å². The Kier molecular flexibility index (Phi) is 11.0. The van der Waals surface area contributed by atoms with Crippen LogP contribution in [-0.2, 0) is 9.53 Å². The number of hydrogen-bond donors (Lipinski definition) is 0. The van der Waals surface area contributed by atoms with Crippen molar-refractivity contribution in [1.29, 1.82) is 0 Å². The molecule has 0 rings (SSSR count). The third-order valence-electron chi connectivity index (χ3n) is 5.31. The minimum atomic E-state index is -9.56. The normalized spacial score (nSPS) is 17.7. The molecule has 0 fully saturated rings. The number of ether oxygens (including phenoxy) is 1. The van der Waals surface area contributed by atoms with Gasteiger partial charge in [-0.05, 0) is 6.92 Å². The number of alkyl halides is 25. The first-order valence-corrected chi connectivity index (χ1v) is 10.1. The lowest BCUT2D eigenvalue weighted by molar-refractivity contribution is -0.473. The van der Waals surface area contributed by atoms with Crippen LogP contribution in [0.5, 0.6) is 0 Å². The maximum Gasteiger partial charge on any atom is 0.385 e. The molecule has 3 atom stereocenters. The van der Waals surface area contributed by atoms with Gasteiger partial charge in [-0.3, -0.25) is 0 Å². The quantitative estimate of drug-likeness (QED) is 0.0958. The number of esters is 1. The first kappa shape index (κ1) is 42.5. The van der Waals surface area contributed by atoms with E-state index in [0.717, 1.165) is 0 Å². The number of hydrogen-bond acceptors (Lipinski definition) is 2. The molecule has 27 heteroatoms. The minimum Gasteiger partial charge on any atom is -0.421 e. The number of rotatable bonds is 15. The molecule has 0 radical (unpaired) electrons. The smallest absolute Gasteiger partial charge is 0.385 e. The molecule has 3 unspecified atom stereocenters. The van der Waals surface area contributed by atoms with Crippen LogP contribution >= 0.6 is 0 Å². The topological polar surface area (TPSA) is 26.3 Å². The van der Waals surface area contributed by atoms with Crippen molar-refractivity contribution in [2.75, 3.05) is 0 Å². The Morgan fingerprint density at radius 3 is 0.978 bits per heavy atom. The molecule has 0 amide bonds. The van der Waals surface area contributed by atoms with E-state index in [9.17, 15) is 115 Å². The Labute approximate surface area is 230 Å². The molecule has 0 aromatic heterocycles. The maximum atomic E-state index is 13.8. The van der Waals surface area contributed by atoms with Crippen molar-refractivity contribution < 1.29 is 119 Å². The summed E-state index contributed by atoms with van der Waals surface area (Å²) in [6.45, 7) is 2.84. The molecule has 0 aliphatic carbocycles. The van der Waals surface area contributed by atoms with Gasteiger partial charge in [0, 0.05) is 5.57 Å². The zero-order chi connectivity index (χ0) is 37.2. The largest absolute Gasteiger partial charge is 0.421 e. The molecule has 0 saturated carbocycles. The third-order valence-corrected chi connectivity index (χ3v) is 5.31.